The molecule has 3 unspecified atom stereocenters. The first kappa shape index (κ1) is 12.8. The molecule has 98 valence electrons. The largest absolute Gasteiger partial charge is 0.379 e. The molecule has 0 aliphatic carbocycles. The number of rotatable bonds is 1. The lowest BCUT2D eigenvalue weighted by Crippen LogP contribution is -2.48. The topological polar surface area (TPSA) is 58.8 Å². The summed E-state index contributed by atoms with van der Waals surface area (Å²) in [5.41, 5.74) is 5.92. The molecule has 5 heteroatoms. The molecule has 2 aliphatic rings. The van der Waals surface area contributed by atoms with Crippen LogP contribution in [0.25, 0.3) is 0 Å². The van der Waals surface area contributed by atoms with E-state index in [2.05, 4.69) is 18.9 Å². The first-order valence-corrected chi connectivity index (χ1v) is 6.42. The van der Waals surface area contributed by atoms with E-state index in [0.29, 0.717) is 13.2 Å². The Hall–Kier alpha value is -0.650. The zero-order valence-corrected chi connectivity index (χ0v) is 10.8. The van der Waals surface area contributed by atoms with Crippen molar-refractivity contribution in [1.82, 2.24) is 9.80 Å². The number of ether oxygens (including phenoxy) is 1. The third-order valence-corrected chi connectivity index (χ3v) is 3.77. The van der Waals surface area contributed by atoms with Gasteiger partial charge in [-0.1, -0.05) is 0 Å². The second-order valence-corrected chi connectivity index (χ2v) is 5.30. The molecule has 2 N–H and O–H groups in total. The highest BCUT2D eigenvalue weighted by Crippen LogP contribution is 2.18. The van der Waals surface area contributed by atoms with Gasteiger partial charge in [0, 0.05) is 25.2 Å². The summed E-state index contributed by atoms with van der Waals surface area (Å²) in [5, 5.41) is 0. The summed E-state index contributed by atoms with van der Waals surface area (Å²) in [6.45, 7) is 5.95. The molecule has 3 atom stereocenters. The minimum Gasteiger partial charge on any atom is -0.379 e. The van der Waals surface area contributed by atoms with Gasteiger partial charge in [-0.3, -0.25) is 4.79 Å². The van der Waals surface area contributed by atoms with Crippen molar-refractivity contribution >= 4 is 5.91 Å². The highest BCUT2D eigenvalue weighted by atomic mass is 16.5. The first-order valence-electron chi connectivity index (χ1n) is 6.42. The van der Waals surface area contributed by atoms with E-state index in [-0.39, 0.29) is 23.9 Å². The van der Waals surface area contributed by atoms with Gasteiger partial charge in [-0.2, -0.15) is 0 Å². The molecule has 2 saturated heterocycles. The Bertz CT molecular complexity index is 285. The summed E-state index contributed by atoms with van der Waals surface area (Å²) >= 11 is 0. The minimum atomic E-state index is -0.138. The van der Waals surface area contributed by atoms with Crippen molar-refractivity contribution in [2.24, 2.45) is 11.7 Å². The molecule has 5 nitrogen and oxygen atoms in total. The normalized spacial score (nSPS) is 35.9. The van der Waals surface area contributed by atoms with Crippen LogP contribution in [0.1, 0.15) is 13.3 Å². The third-order valence-electron chi connectivity index (χ3n) is 3.77. The van der Waals surface area contributed by atoms with E-state index in [1.54, 1.807) is 0 Å². The summed E-state index contributed by atoms with van der Waals surface area (Å²) in [4.78, 5) is 16.7. The van der Waals surface area contributed by atoms with Gasteiger partial charge < -0.3 is 20.3 Å². The van der Waals surface area contributed by atoms with Crippen LogP contribution in [0, 0.1) is 5.92 Å². The summed E-state index contributed by atoms with van der Waals surface area (Å²) < 4.78 is 5.29. The maximum Gasteiger partial charge on any atom is 0.229 e. The smallest absolute Gasteiger partial charge is 0.229 e. The number of carbonyl (C=O) groups is 1. The van der Waals surface area contributed by atoms with Crippen LogP contribution in [0.15, 0.2) is 0 Å². The van der Waals surface area contributed by atoms with Crippen molar-refractivity contribution in [3.63, 3.8) is 0 Å². The van der Waals surface area contributed by atoms with Gasteiger partial charge in [-0.05, 0) is 26.9 Å². The summed E-state index contributed by atoms with van der Waals surface area (Å²) in [6.07, 6.45) is 1.04. The predicted molar refractivity (Wildman–Crippen MR) is 65.6 cm³/mol. The number of amides is 1. The number of nitrogens with two attached hydrogens (primary N) is 1. The molecule has 2 fully saturated rings. The second kappa shape index (κ2) is 5.33. The van der Waals surface area contributed by atoms with E-state index in [9.17, 15) is 4.79 Å². The Balaban J connectivity index is 2.02. The van der Waals surface area contributed by atoms with Gasteiger partial charge in [0.25, 0.3) is 0 Å². The van der Waals surface area contributed by atoms with E-state index in [4.69, 9.17) is 10.5 Å². The lowest BCUT2D eigenvalue weighted by atomic mass is 10.0. The Kier molecular flexibility index (Phi) is 4.01. The van der Waals surface area contributed by atoms with Crippen LogP contribution >= 0.6 is 0 Å². The SMILES string of the molecule is CC1CN(C)CCCN1C(=O)C1COCC1N. The van der Waals surface area contributed by atoms with Crippen molar-refractivity contribution in [2.75, 3.05) is 39.9 Å². The summed E-state index contributed by atoms with van der Waals surface area (Å²) in [5.74, 6) is 0.0404. The van der Waals surface area contributed by atoms with E-state index in [0.717, 1.165) is 26.1 Å². The molecule has 0 saturated carbocycles. The first-order chi connectivity index (χ1) is 8.09. The number of hydrogen-bond acceptors (Lipinski definition) is 4. The molecule has 0 aromatic rings. The Morgan fingerprint density at radius 1 is 1.35 bits per heavy atom. The van der Waals surface area contributed by atoms with Crippen molar-refractivity contribution in [2.45, 2.75) is 25.4 Å². The van der Waals surface area contributed by atoms with Crippen LogP contribution in [0.4, 0.5) is 0 Å². The molecular formula is C12H23N3O2. The summed E-state index contributed by atoms with van der Waals surface area (Å²) in [7, 11) is 2.11. The van der Waals surface area contributed by atoms with Gasteiger partial charge in [0.2, 0.25) is 5.91 Å². The fourth-order valence-corrected chi connectivity index (χ4v) is 2.74. The molecule has 0 spiro atoms. The highest BCUT2D eigenvalue weighted by molar-refractivity contribution is 5.80. The number of likely N-dealkylation sites (N-methyl/N-ethyl adjacent to an activating group) is 1. The van der Waals surface area contributed by atoms with Crippen LogP contribution in [0.2, 0.25) is 0 Å². The van der Waals surface area contributed by atoms with Crippen LogP contribution < -0.4 is 5.73 Å². The number of nitrogens with zero attached hydrogens (tertiary/aromatic N) is 2. The van der Waals surface area contributed by atoms with Crippen molar-refractivity contribution in [3.05, 3.63) is 0 Å². The molecule has 1 amide bonds. The summed E-state index contributed by atoms with van der Waals surface area (Å²) in [6, 6.07) is 0.137. The molecular weight excluding hydrogens is 218 g/mol. The second-order valence-electron chi connectivity index (χ2n) is 5.30. The van der Waals surface area contributed by atoms with Crippen LogP contribution in [0.3, 0.4) is 0 Å². The standard InChI is InChI=1S/C12H23N3O2/c1-9-6-14(2)4-3-5-15(9)12(16)10-7-17-8-11(10)13/h9-11H,3-8,13H2,1-2H3. The monoisotopic (exact) mass is 241 g/mol. The fraction of sp³-hybridized carbons (Fsp3) is 0.917. The average Bonchev–Trinajstić information content (AvgIpc) is 2.61. The van der Waals surface area contributed by atoms with Crippen LogP contribution in [-0.2, 0) is 9.53 Å². The fourth-order valence-electron chi connectivity index (χ4n) is 2.74. The molecule has 0 radical (unpaired) electrons. The maximum atomic E-state index is 12.4. The Labute approximate surface area is 103 Å². The third kappa shape index (κ3) is 2.78. The minimum absolute atomic E-state index is 0.129. The Morgan fingerprint density at radius 3 is 2.76 bits per heavy atom. The molecule has 0 bridgehead atoms. The zero-order valence-electron chi connectivity index (χ0n) is 10.8. The van der Waals surface area contributed by atoms with E-state index < -0.39 is 0 Å². The zero-order chi connectivity index (χ0) is 12.4. The number of hydrogen-bond donors (Lipinski definition) is 1. The van der Waals surface area contributed by atoms with Gasteiger partial charge in [-0.15, -0.1) is 0 Å². The van der Waals surface area contributed by atoms with Gasteiger partial charge >= 0.3 is 0 Å². The Morgan fingerprint density at radius 2 is 2.12 bits per heavy atom. The van der Waals surface area contributed by atoms with E-state index in [1.165, 1.54) is 0 Å². The average molecular weight is 241 g/mol. The lowest BCUT2D eigenvalue weighted by Gasteiger charge is -2.31. The van der Waals surface area contributed by atoms with Crippen LogP contribution in [-0.4, -0.2) is 67.7 Å². The van der Waals surface area contributed by atoms with Crippen molar-refractivity contribution < 1.29 is 9.53 Å². The molecule has 2 rings (SSSR count). The number of carbonyl (C=O) groups excluding carboxylic acids is 1. The predicted octanol–water partition coefficient (Wildman–Crippen LogP) is -0.487. The van der Waals surface area contributed by atoms with Crippen molar-refractivity contribution in [3.8, 4) is 0 Å². The molecule has 0 aromatic heterocycles. The van der Waals surface area contributed by atoms with E-state index in [1.807, 2.05) is 4.90 Å². The van der Waals surface area contributed by atoms with Gasteiger partial charge in [0.05, 0.1) is 19.1 Å². The molecule has 0 aromatic carbocycles. The molecule has 2 heterocycles. The van der Waals surface area contributed by atoms with Crippen molar-refractivity contribution in [1.29, 1.82) is 0 Å². The molecule has 2 aliphatic heterocycles. The lowest BCUT2D eigenvalue weighted by molar-refractivity contribution is -0.137. The van der Waals surface area contributed by atoms with Gasteiger partial charge in [0.1, 0.15) is 0 Å². The van der Waals surface area contributed by atoms with Gasteiger partial charge in [-0.25, -0.2) is 0 Å². The highest BCUT2D eigenvalue weighted by Gasteiger charge is 2.36. The quantitative estimate of drug-likeness (QED) is 0.673. The van der Waals surface area contributed by atoms with E-state index >= 15 is 0 Å². The van der Waals surface area contributed by atoms with Crippen LogP contribution in [0.5, 0.6) is 0 Å². The maximum absolute atomic E-state index is 12.4. The van der Waals surface area contributed by atoms with Gasteiger partial charge in [0.15, 0.2) is 0 Å². The molecule has 17 heavy (non-hydrogen) atoms.